The number of hydrogen-bond acceptors (Lipinski definition) is 3. The molecule has 1 N–H and O–H groups in total. The van der Waals surface area contributed by atoms with Crippen molar-refractivity contribution >= 4 is 23.2 Å². The van der Waals surface area contributed by atoms with Crippen LogP contribution in [0.25, 0.3) is 0 Å². The summed E-state index contributed by atoms with van der Waals surface area (Å²) in [7, 11) is 1.91. The molecular formula is C13H17ClN2O2. The Morgan fingerprint density at radius 2 is 2.17 bits per heavy atom. The molecule has 1 amide bonds. The summed E-state index contributed by atoms with van der Waals surface area (Å²) in [6.07, 6.45) is 0.985. The number of halogens is 1. The zero-order valence-corrected chi connectivity index (χ0v) is 11.1. The first kappa shape index (κ1) is 13.3. The molecular weight excluding hydrogens is 252 g/mol. The summed E-state index contributed by atoms with van der Waals surface area (Å²) < 4.78 is 5.51. The Hall–Kier alpha value is -1.10. The molecule has 0 aliphatic carbocycles. The third-order valence-corrected chi connectivity index (χ3v) is 3.24. The summed E-state index contributed by atoms with van der Waals surface area (Å²) in [6.45, 7) is 1.63. The lowest BCUT2D eigenvalue weighted by Crippen LogP contribution is -2.47. The number of benzene rings is 1. The fourth-order valence-corrected chi connectivity index (χ4v) is 2.10. The van der Waals surface area contributed by atoms with E-state index < -0.39 is 0 Å². The largest absolute Gasteiger partial charge is 0.366 e. The van der Waals surface area contributed by atoms with Crippen LogP contribution in [0.3, 0.4) is 0 Å². The molecule has 0 saturated carbocycles. The van der Waals surface area contributed by atoms with Crippen molar-refractivity contribution < 1.29 is 9.53 Å². The van der Waals surface area contributed by atoms with Crippen LogP contribution in [0.2, 0.25) is 5.02 Å². The van der Waals surface area contributed by atoms with Crippen LogP contribution in [0, 0.1) is 0 Å². The van der Waals surface area contributed by atoms with E-state index in [0.717, 1.165) is 18.7 Å². The van der Waals surface area contributed by atoms with Crippen molar-refractivity contribution in [2.75, 3.05) is 31.6 Å². The highest BCUT2D eigenvalue weighted by molar-refractivity contribution is 6.30. The minimum Gasteiger partial charge on any atom is -0.366 e. The van der Waals surface area contributed by atoms with Crippen LogP contribution in [0.5, 0.6) is 0 Å². The molecule has 0 aromatic heterocycles. The molecule has 98 valence electrons. The Balaban J connectivity index is 2.05. The van der Waals surface area contributed by atoms with Crippen molar-refractivity contribution in [1.82, 2.24) is 5.32 Å². The fraction of sp³-hybridized carbons (Fsp3) is 0.462. The third kappa shape index (κ3) is 3.22. The number of nitrogens with zero attached hydrogens (tertiary/aromatic N) is 1. The first-order chi connectivity index (χ1) is 8.70. The maximum absolute atomic E-state index is 11.9. The first-order valence-corrected chi connectivity index (χ1v) is 6.40. The van der Waals surface area contributed by atoms with Gasteiger partial charge < -0.3 is 15.0 Å². The third-order valence-electron chi connectivity index (χ3n) is 2.98. The fourth-order valence-electron chi connectivity index (χ4n) is 1.98. The molecule has 1 unspecified atom stereocenters. The predicted molar refractivity (Wildman–Crippen MR) is 72.1 cm³/mol. The van der Waals surface area contributed by atoms with Gasteiger partial charge in [-0.05, 0) is 44.3 Å². The number of morpholine rings is 1. The summed E-state index contributed by atoms with van der Waals surface area (Å²) in [5.41, 5.74) is 0.877. The van der Waals surface area contributed by atoms with Gasteiger partial charge in [0.05, 0.1) is 12.6 Å². The predicted octanol–water partition coefficient (Wildman–Crippen LogP) is 1.68. The highest BCUT2D eigenvalue weighted by atomic mass is 35.5. The van der Waals surface area contributed by atoms with Gasteiger partial charge in [-0.3, -0.25) is 4.79 Å². The highest BCUT2D eigenvalue weighted by Gasteiger charge is 2.26. The van der Waals surface area contributed by atoms with Gasteiger partial charge in [0.2, 0.25) is 0 Å². The molecule has 1 fully saturated rings. The smallest absolute Gasteiger partial charge is 0.253 e. The van der Waals surface area contributed by atoms with E-state index in [0.29, 0.717) is 11.6 Å². The quantitative estimate of drug-likeness (QED) is 0.903. The van der Waals surface area contributed by atoms with E-state index in [-0.39, 0.29) is 18.6 Å². The number of carbonyl (C=O) groups is 1. The van der Waals surface area contributed by atoms with E-state index in [1.807, 2.05) is 19.2 Å². The average molecular weight is 269 g/mol. The SMILES string of the molecule is CNCCC1CN(c2ccc(Cl)cc2)C(=O)CO1. The topological polar surface area (TPSA) is 41.6 Å². The molecule has 1 aliphatic heterocycles. The molecule has 5 heteroatoms. The normalized spacial score (nSPS) is 20.2. The molecule has 1 aromatic rings. The van der Waals surface area contributed by atoms with Crippen LogP contribution in [0.4, 0.5) is 5.69 Å². The molecule has 4 nitrogen and oxygen atoms in total. The van der Waals surface area contributed by atoms with Gasteiger partial charge >= 0.3 is 0 Å². The second-order valence-electron chi connectivity index (χ2n) is 4.31. The Bertz CT molecular complexity index is 408. The highest BCUT2D eigenvalue weighted by Crippen LogP contribution is 2.21. The molecule has 0 bridgehead atoms. The van der Waals surface area contributed by atoms with Crippen LogP contribution < -0.4 is 10.2 Å². The lowest BCUT2D eigenvalue weighted by Gasteiger charge is -2.32. The molecule has 2 rings (SSSR count). The number of nitrogens with one attached hydrogen (secondary N) is 1. The van der Waals surface area contributed by atoms with Crippen molar-refractivity contribution in [3.05, 3.63) is 29.3 Å². The molecule has 1 heterocycles. The van der Waals surface area contributed by atoms with E-state index >= 15 is 0 Å². The summed E-state index contributed by atoms with van der Waals surface area (Å²) in [5, 5.41) is 3.76. The van der Waals surface area contributed by atoms with Gasteiger partial charge in [0, 0.05) is 10.7 Å². The van der Waals surface area contributed by atoms with Gasteiger partial charge in [0.25, 0.3) is 5.91 Å². The number of carbonyl (C=O) groups excluding carboxylic acids is 1. The summed E-state index contributed by atoms with van der Waals surface area (Å²) in [4.78, 5) is 13.6. The van der Waals surface area contributed by atoms with Crippen molar-refractivity contribution in [3.8, 4) is 0 Å². The first-order valence-electron chi connectivity index (χ1n) is 6.03. The van der Waals surface area contributed by atoms with Gasteiger partial charge in [0.1, 0.15) is 6.61 Å². The van der Waals surface area contributed by atoms with E-state index in [2.05, 4.69) is 5.32 Å². The maximum atomic E-state index is 11.9. The zero-order chi connectivity index (χ0) is 13.0. The molecule has 1 aliphatic rings. The molecule has 0 spiro atoms. The number of anilines is 1. The van der Waals surface area contributed by atoms with Crippen LogP contribution in [-0.4, -0.2) is 38.8 Å². The molecule has 18 heavy (non-hydrogen) atoms. The monoisotopic (exact) mass is 268 g/mol. The standard InChI is InChI=1S/C13H17ClN2O2/c1-15-7-6-12-8-16(13(17)9-18-12)11-4-2-10(14)3-5-11/h2-5,12,15H,6-9H2,1H3. The van der Waals surface area contributed by atoms with Gasteiger partial charge in [-0.15, -0.1) is 0 Å². The Morgan fingerprint density at radius 3 is 2.83 bits per heavy atom. The zero-order valence-electron chi connectivity index (χ0n) is 10.4. The van der Waals surface area contributed by atoms with Crippen LogP contribution in [0.15, 0.2) is 24.3 Å². The maximum Gasteiger partial charge on any atom is 0.253 e. The van der Waals surface area contributed by atoms with Crippen LogP contribution in [-0.2, 0) is 9.53 Å². The second kappa shape index (κ2) is 6.18. The van der Waals surface area contributed by atoms with Crippen molar-refractivity contribution in [1.29, 1.82) is 0 Å². The Kier molecular flexibility index (Phi) is 4.58. The van der Waals surface area contributed by atoms with Crippen LogP contribution in [0.1, 0.15) is 6.42 Å². The van der Waals surface area contributed by atoms with E-state index in [1.165, 1.54) is 0 Å². The number of hydrogen-bond donors (Lipinski definition) is 1. The lowest BCUT2D eigenvalue weighted by atomic mass is 10.1. The summed E-state index contributed by atoms with van der Waals surface area (Å²) >= 11 is 5.85. The Labute approximate surface area is 112 Å². The van der Waals surface area contributed by atoms with E-state index in [4.69, 9.17) is 16.3 Å². The van der Waals surface area contributed by atoms with Gasteiger partial charge in [-0.1, -0.05) is 11.6 Å². The molecule has 1 saturated heterocycles. The van der Waals surface area contributed by atoms with E-state index in [1.54, 1.807) is 17.0 Å². The van der Waals surface area contributed by atoms with Crippen molar-refractivity contribution in [2.24, 2.45) is 0 Å². The van der Waals surface area contributed by atoms with Crippen LogP contribution >= 0.6 is 11.6 Å². The van der Waals surface area contributed by atoms with E-state index in [9.17, 15) is 4.79 Å². The number of rotatable bonds is 4. The average Bonchev–Trinajstić information content (AvgIpc) is 2.39. The van der Waals surface area contributed by atoms with Gasteiger partial charge in [-0.2, -0.15) is 0 Å². The second-order valence-corrected chi connectivity index (χ2v) is 4.74. The van der Waals surface area contributed by atoms with Crippen molar-refractivity contribution in [3.63, 3.8) is 0 Å². The minimum atomic E-state index is -0.00182. The lowest BCUT2D eigenvalue weighted by molar-refractivity contribution is -0.129. The summed E-state index contributed by atoms with van der Waals surface area (Å²) in [6, 6.07) is 7.31. The molecule has 1 aromatic carbocycles. The number of amides is 1. The van der Waals surface area contributed by atoms with Gasteiger partial charge in [0.15, 0.2) is 0 Å². The molecule has 0 radical (unpaired) electrons. The number of ether oxygens (including phenoxy) is 1. The van der Waals surface area contributed by atoms with Gasteiger partial charge in [-0.25, -0.2) is 0 Å². The van der Waals surface area contributed by atoms with Crippen molar-refractivity contribution in [2.45, 2.75) is 12.5 Å². The summed E-state index contributed by atoms with van der Waals surface area (Å²) in [5.74, 6) is -0.00182. The molecule has 1 atom stereocenters. The Morgan fingerprint density at radius 1 is 1.44 bits per heavy atom. The minimum absolute atomic E-state index is 0.00182.